The predicted molar refractivity (Wildman–Crippen MR) is 73.5 cm³/mol. The van der Waals surface area contributed by atoms with E-state index >= 15 is 0 Å². The molecule has 0 amide bonds. The van der Waals surface area contributed by atoms with Crippen molar-refractivity contribution in [3.63, 3.8) is 0 Å². The molecule has 2 aromatic rings. The summed E-state index contributed by atoms with van der Waals surface area (Å²) in [5, 5.41) is 3.56. The van der Waals surface area contributed by atoms with Crippen LogP contribution in [0.2, 0.25) is 0 Å². The number of fused-ring (bicyclic) bond motifs is 1. The van der Waals surface area contributed by atoms with E-state index < -0.39 is 0 Å². The molecule has 74 valence electrons. The molecule has 0 fully saturated rings. The number of halogens is 2. The third kappa shape index (κ3) is 1.68. The molecular weight excluding hydrogens is 327 g/mol. The number of benzene rings is 1. The molecule has 0 saturated heterocycles. The van der Waals surface area contributed by atoms with Crippen molar-refractivity contribution in [1.82, 2.24) is 0 Å². The minimum Gasteiger partial charge on any atom is -0.143 e. The van der Waals surface area contributed by atoms with E-state index in [1.807, 2.05) is 0 Å². The van der Waals surface area contributed by atoms with E-state index in [-0.39, 0.29) is 0 Å². The van der Waals surface area contributed by atoms with Crippen LogP contribution in [-0.2, 0) is 12.3 Å². The second kappa shape index (κ2) is 4.37. The molecule has 1 heterocycles. The van der Waals surface area contributed by atoms with Crippen molar-refractivity contribution < 1.29 is 0 Å². The van der Waals surface area contributed by atoms with Crippen molar-refractivity contribution in [1.29, 1.82) is 0 Å². The second-order valence-electron chi connectivity index (χ2n) is 3.15. The summed E-state index contributed by atoms with van der Waals surface area (Å²) in [5.41, 5.74) is 2.72. The molecule has 0 aliphatic carbocycles. The molecule has 0 bridgehead atoms. The Morgan fingerprint density at radius 1 is 1.43 bits per heavy atom. The lowest BCUT2D eigenvalue weighted by molar-refractivity contribution is 1.14. The maximum absolute atomic E-state index is 5.93. The van der Waals surface area contributed by atoms with Crippen LogP contribution in [-0.4, -0.2) is 0 Å². The SMILES string of the molecule is CCc1c(I)ccc2scc(CCl)c12. The van der Waals surface area contributed by atoms with E-state index in [0.29, 0.717) is 5.88 Å². The highest BCUT2D eigenvalue weighted by atomic mass is 127. The van der Waals surface area contributed by atoms with Crippen LogP contribution >= 0.6 is 45.5 Å². The van der Waals surface area contributed by atoms with Gasteiger partial charge in [0.2, 0.25) is 0 Å². The molecule has 0 aliphatic rings. The van der Waals surface area contributed by atoms with Crippen LogP contribution in [0.25, 0.3) is 10.1 Å². The van der Waals surface area contributed by atoms with E-state index in [1.165, 1.54) is 24.8 Å². The predicted octanol–water partition coefficient (Wildman–Crippen LogP) is 4.81. The first kappa shape index (κ1) is 10.7. The first-order valence-electron chi connectivity index (χ1n) is 4.51. The van der Waals surface area contributed by atoms with Gasteiger partial charge in [-0.05, 0) is 57.7 Å². The Labute approximate surface area is 106 Å². The van der Waals surface area contributed by atoms with Crippen LogP contribution in [0.15, 0.2) is 17.5 Å². The zero-order valence-electron chi connectivity index (χ0n) is 7.81. The number of thiophene rings is 1. The average molecular weight is 337 g/mol. The zero-order chi connectivity index (χ0) is 10.1. The van der Waals surface area contributed by atoms with Crippen LogP contribution in [0.4, 0.5) is 0 Å². The Kier molecular flexibility index (Phi) is 3.34. The van der Waals surface area contributed by atoms with Gasteiger partial charge < -0.3 is 0 Å². The fraction of sp³-hybridized carbons (Fsp3) is 0.273. The lowest BCUT2D eigenvalue weighted by Crippen LogP contribution is -1.88. The van der Waals surface area contributed by atoms with Gasteiger partial charge in [0.25, 0.3) is 0 Å². The van der Waals surface area contributed by atoms with Crippen molar-refractivity contribution in [2.45, 2.75) is 19.2 Å². The molecular formula is C11H10ClIS. The topological polar surface area (TPSA) is 0 Å². The summed E-state index contributed by atoms with van der Waals surface area (Å²) in [6.45, 7) is 2.20. The molecule has 0 spiro atoms. The third-order valence-electron chi connectivity index (χ3n) is 2.36. The molecule has 0 nitrogen and oxygen atoms in total. The van der Waals surface area contributed by atoms with Gasteiger partial charge in [-0.2, -0.15) is 0 Å². The lowest BCUT2D eigenvalue weighted by Gasteiger charge is -2.04. The van der Waals surface area contributed by atoms with Gasteiger partial charge in [0.15, 0.2) is 0 Å². The van der Waals surface area contributed by atoms with Gasteiger partial charge >= 0.3 is 0 Å². The van der Waals surface area contributed by atoms with Crippen LogP contribution in [0.5, 0.6) is 0 Å². The summed E-state index contributed by atoms with van der Waals surface area (Å²) in [4.78, 5) is 0. The summed E-state index contributed by atoms with van der Waals surface area (Å²) < 4.78 is 2.71. The van der Waals surface area contributed by atoms with E-state index in [9.17, 15) is 0 Å². The largest absolute Gasteiger partial charge is 0.143 e. The first-order valence-corrected chi connectivity index (χ1v) is 7.00. The monoisotopic (exact) mass is 336 g/mol. The Morgan fingerprint density at radius 2 is 2.21 bits per heavy atom. The van der Waals surface area contributed by atoms with Crippen molar-refractivity contribution in [2.24, 2.45) is 0 Å². The summed E-state index contributed by atoms with van der Waals surface area (Å²) in [5.74, 6) is 0.618. The molecule has 14 heavy (non-hydrogen) atoms. The molecule has 0 atom stereocenters. The number of alkyl halides is 1. The summed E-state index contributed by atoms with van der Waals surface area (Å²) in [6.07, 6.45) is 1.08. The van der Waals surface area contributed by atoms with Crippen molar-refractivity contribution in [3.05, 3.63) is 32.2 Å². The Bertz CT molecular complexity index is 462. The second-order valence-corrected chi connectivity index (χ2v) is 5.49. The fourth-order valence-corrected chi connectivity index (χ4v) is 3.81. The highest BCUT2D eigenvalue weighted by Gasteiger charge is 2.09. The van der Waals surface area contributed by atoms with Crippen LogP contribution in [0, 0.1) is 3.57 Å². The molecule has 0 N–H and O–H groups in total. The average Bonchev–Trinajstić information content (AvgIpc) is 2.61. The quantitative estimate of drug-likeness (QED) is 0.545. The summed E-state index contributed by atoms with van der Waals surface area (Å²) in [6, 6.07) is 4.38. The van der Waals surface area contributed by atoms with Gasteiger partial charge in [0.05, 0.1) is 0 Å². The molecule has 1 aromatic heterocycles. The molecule has 2 rings (SSSR count). The third-order valence-corrected chi connectivity index (χ3v) is 4.66. The van der Waals surface area contributed by atoms with Crippen molar-refractivity contribution in [2.75, 3.05) is 0 Å². The summed E-state index contributed by atoms with van der Waals surface area (Å²) >= 11 is 10.1. The normalized spacial score (nSPS) is 11.1. The van der Waals surface area contributed by atoms with Gasteiger partial charge in [-0.15, -0.1) is 22.9 Å². The van der Waals surface area contributed by atoms with Crippen LogP contribution < -0.4 is 0 Å². The molecule has 0 saturated carbocycles. The van der Waals surface area contributed by atoms with E-state index in [0.717, 1.165) is 6.42 Å². The molecule has 0 radical (unpaired) electrons. The number of hydrogen-bond acceptors (Lipinski definition) is 1. The van der Waals surface area contributed by atoms with Gasteiger partial charge in [-0.3, -0.25) is 0 Å². The van der Waals surface area contributed by atoms with E-state index in [1.54, 1.807) is 11.3 Å². The molecule has 0 unspecified atom stereocenters. The zero-order valence-corrected chi connectivity index (χ0v) is 11.5. The maximum Gasteiger partial charge on any atom is 0.0488 e. The summed E-state index contributed by atoms with van der Waals surface area (Å²) in [7, 11) is 0. The fourth-order valence-electron chi connectivity index (χ4n) is 1.69. The Morgan fingerprint density at radius 3 is 2.86 bits per heavy atom. The van der Waals surface area contributed by atoms with Crippen molar-refractivity contribution in [3.8, 4) is 0 Å². The van der Waals surface area contributed by atoms with Gasteiger partial charge in [0, 0.05) is 19.5 Å². The molecule has 3 heteroatoms. The Balaban J connectivity index is 2.81. The van der Waals surface area contributed by atoms with Crippen molar-refractivity contribution >= 4 is 55.6 Å². The standard InChI is InChI=1S/C11H10ClIS/c1-2-8-9(13)3-4-10-11(8)7(5-12)6-14-10/h3-4,6H,2,5H2,1H3. The van der Waals surface area contributed by atoms with Gasteiger partial charge in [-0.25, -0.2) is 0 Å². The van der Waals surface area contributed by atoms with E-state index in [2.05, 4.69) is 47.0 Å². The van der Waals surface area contributed by atoms with Gasteiger partial charge in [0.1, 0.15) is 0 Å². The van der Waals surface area contributed by atoms with Crippen LogP contribution in [0.1, 0.15) is 18.1 Å². The highest BCUT2D eigenvalue weighted by molar-refractivity contribution is 14.1. The van der Waals surface area contributed by atoms with Crippen LogP contribution in [0.3, 0.4) is 0 Å². The number of aryl methyl sites for hydroxylation is 1. The van der Waals surface area contributed by atoms with Gasteiger partial charge in [-0.1, -0.05) is 6.92 Å². The minimum atomic E-state index is 0.618. The molecule has 1 aromatic carbocycles. The maximum atomic E-state index is 5.93. The Hall–Kier alpha value is 0.200. The lowest BCUT2D eigenvalue weighted by atomic mass is 10.1. The molecule has 0 aliphatic heterocycles. The van der Waals surface area contributed by atoms with E-state index in [4.69, 9.17) is 11.6 Å². The number of rotatable bonds is 2. The minimum absolute atomic E-state index is 0.618. The number of hydrogen-bond donors (Lipinski definition) is 0. The highest BCUT2D eigenvalue weighted by Crippen LogP contribution is 2.33. The first-order chi connectivity index (χ1) is 6.77. The smallest absolute Gasteiger partial charge is 0.0488 e.